The van der Waals surface area contributed by atoms with Gasteiger partial charge in [0.25, 0.3) is 0 Å². The van der Waals surface area contributed by atoms with Crippen molar-refractivity contribution in [2.75, 3.05) is 6.54 Å². The first kappa shape index (κ1) is 17.6. The zero-order chi connectivity index (χ0) is 18.8. The highest BCUT2D eigenvalue weighted by molar-refractivity contribution is 5.74. The largest absolute Gasteiger partial charge is 0.342 e. The lowest BCUT2D eigenvalue weighted by Gasteiger charge is -2.39. The summed E-state index contributed by atoms with van der Waals surface area (Å²) in [6, 6.07) is 10.2. The molecule has 4 aliphatic heterocycles. The van der Waals surface area contributed by atoms with E-state index < -0.39 is 12.1 Å². The summed E-state index contributed by atoms with van der Waals surface area (Å²) in [7, 11) is 0. The highest BCUT2D eigenvalue weighted by Crippen LogP contribution is 2.45. The summed E-state index contributed by atoms with van der Waals surface area (Å²) in [6.45, 7) is 6.61. The molecule has 7 nitrogen and oxygen atoms in total. The lowest BCUT2D eigenvalue weighted by Crippen LogP contribution is -2.56. The average molecular weight is 374 g/mol. The summed E-state index contributed by atoms with van der Waals surface area (Å²) in [5.74, 6) is -0.679. The molecule has 0 saturated carbocycles. The van der Waals surface area contributed by atoms with Crippen LogP contribution in [0.5, 0.6) is 0 Å². The lowest BCUT2D eigenvalue weighted by molar-refractivity contribution is -0.242. The van der Waals surface area contributed by atoms with Crippen LogP contribution in [0, 0.1) is 0 Å². The van der Waals surface area contributed by atoms with Crippen molar-refractivity contribution in [2.24, 2.45) is 0 Å². The molecule has 0 radical (unpaired) electrons. The Kier molecular flexibility index (Phi) is 4.07. The Morgan fingerprint density at radius 1 is 1.19 bits per heavy atom. The van der Waals surface area contributed by atoms with E-state index >= 15 is 0 Å². The topological polar surface area (TPSA) is 60.5 Å². The maximum Gasteiger partial charge on any atom is 0.219 e. The minimum absolute atomic E-state index is 0.0216. The van der Waals surface area contributed by atoms with Gasteiger partial charge in [0.1, 0.15) is 12.2 Å². The number of ether oxygens (including phenoxy) is 3. The first-order valence-electron chi connectivity index (χ1n) is 9.67. The minimum atomic E-state index is -0.700. The Balaban J connectivity index is 1.44. The normalized spacial score (nSPS) is 39.9. The number of carbonyl (C=O) groups excluding carboxylic acids is 1. The number of fused-ring (bicyclic) bond motifs is 6. The number of nitrogens with zero attached hydrogens (tertiary/aromatic N) is 2. The van der Waals surface area contributed by atoms with Crippen LogP contribution in [0.25, 0.3) is 0 Å². The fourth-order valence-corrected chi connectivity index (χ4v) is 4.89. The Morgan fingerprint density at radius 3 is 2.70 bits per heavy atom. The van der Waals surface area contributed by atoms with Gasteiger partial charge >= 0.3 is 0 Å². The highest BCUT2D eigenvalue weighted by Gasteiger charge is 2.62. The van der Waals surface area contributed by atoms with Crippen molar-refractivity contribution in [1.82, 2.24) is 9.96 Å². The highest BCUT2D eigenvalue weighted by atomic mass is 16.8. The Labute approximate surface area is 159 Å². The number of likely N-dealkylation sites (tertiary alicyclic amines) is 1. The van der Waals surface area contributed by atoms with Gasteiger partial charge in [-0.15, -0.1) is 0 Å². The number of hydroxylamine groups is 2. The quantitative estimate of drug-likeness (QED) is 0.785. The Bertz CT molecular complexity index is 726. The van der Waals surface area contributed by atoms with E-state index in [1.165, 1.54) is 5.56 Å². The van der Waals surface area contributed by atoms with Gasteiger partial charge < -0.3 is 19.1 Å². The van der Waals surface area contributed by atoms with Gasteiger partial charge in [0, 0.05) is 20.0 Å². The predicted octanol–water partition coefficient (Wildman–Crippen LogP) is 1.67. The fraction of sp³-hybridized carbons (Fsp3) is 0.650. The maximum absolute atomic E-state index is 12.4. The molecule has 4 heterocycles. The summed E-state index contributed by atoms with van der Waals surface area (Å²) in [4.78, 5) is 20.5. The minimum Gasteiger partial charge on any atom is -0.342 e. The second-order valence-electron chi connectivity index (χ2n) is 8.32. The van der Waals surface area contributed by atoms with Gasteiger partial charge in [-0.3, -0.25) is 9.63 Å². The van der Waals surface area contributed by atoms with Gasteiger partial charge in [0.2, 0.25) is 5.91 Å². The molecule has 2 unspecified atom stereocenters. The standard InChI is InChI=1S/C20H26N2O5/c1-12(23)21-11-14-9-15(22(27-14)10-13-7-5-4-6-8-13)17-16(21)18-19(24-17)26-20(2,3)25-18/h4-8,14-19H,9-11H2,1-3H3/t14?,15?,16-,17-,18-,19-/m1/s1. The van der Waals surface area contributed by atoms with Crippen LogP contribution in [0.3, 0.4) is 0 Å². The third-order valence-corrected chi connectivity index (χ3v) is 5.94. The molecule has 0 spiro atoms. The van der Waals surface area contributed by atoms with Crippen molar-refractivity contribution < 1.29 is 23.8 Å². The number of hydrogen-bond acceptors (Lipinski definition) is 6. The Hall–Kier alpha value is -1.51. The van der Waals surface area contributed by atoms with Gasteiger partial charge in [-0.25, -0.2) is 0 Å². The van der Waals surface area contributed by atoms with Crippen LogP contribution in [0.2, 0.25) is 0 Å². The van der Waals surface area contributed by atoms with Crippen LogP contribution >= 0.6 is 0 Å². The maximum atomic E-state index is 12.4. The van der Waals surface area contributed by atoms with E-state index in [9.17, 15) is 4.79 Å². The van der Waals surface area contributed by atoms with E-state index in [0.29, 0.717) is 13.1 Å². The summed E-state index contributed by atoms with van der Waals surface area (Å²) < 4.78 is 18.4. The van der Waals surface area contributed by atoms with Crippen LogP contribution in [0.15, 0.2) is 30.3 Å². The molecule has 0 aliphatic carbocycles. The molecule has 1 aromatic rings. The third kappa shape index (κ3) is 2.98. The van der Waals surface area contributed by atoms with Gasteiger partial charge in [-0.05, 0) is 25.8 Å². The van der Waals surface area contributed by atoms with Gasteiger partial charge in [-0.2, -0.15) is 5.06 Å². The van der Waals surface area contributed by atoms with E-state index in [0.717, 1.165) is 6.42 Å². The second kappa shape index (κ2) is 6.25. The van der Waals surface area contributed by atoms with Crippen molar-refractivity contribution in [3.63, 3.8) is 0 Å². The van der Waals surface area contributed by atoms with E-state index in [1.807, 2.05) is 42.0 Å². The number of benzene rings is 1. The second-order valence-corrected chi connectivity index (χ2v) is 8.32. The first-order chi connectivity index (χ1) is 12.9. The van der Waals surface area contributed by atoms with E-state index in [4.69, 9.17) is 19.0 Å². The van der Waals surface area contributed by atoms with Crippen LogP contribution in [0.1, 0.15) is 32.8 Å². The van der Waals surface area contributed by atoms with Gasteiger partial charge in [0.15, 0.2) is 12.1 Å². The third-order valence-electron chi connectivity index (χ3n) is 5.94. The fourth-order valence-electron chi connectivity index (χ4n) is 4.89. The SMILES string of the molecule is CC(=O)N1CC2CC([C@H]3O[C@@H]4OC(C)(C)O[C@@H]4[C@@H]31)N(Cc1ccccc1)O2. The van der Waals surface area contributed by atoms with Crippen LogP contribution < -0.4 is 0 Å². The summed E-state index contributed by atoms with van der Waals surface area (Å²) in [5.41, 5.74) is 1.19. The molecular formula is C20H26N2O5. The van der Waals surface area contributed by atoms with E-state index in [1.54, 1.807) is 6.92 Å². The molecule has 4 fully saturated rings. The Morgan fingerprint density at radius 2 is 1.96 bits per heavy atom. The van der Waals surface area contributed by atoms with Crippen molar-refractivity contribution in [3.05, 3.63) is 35.9 Å². The van der Waals surface area contributed by atoms with Crippen molar-refractivity contribution in [3.8, 4) is 0 Å². The number of hydrogen-bond donors (Lipinski definition) is 0. The molecule has 6 atom stereocenters. The molecule has 5 rings (SSSR count). The van der Waals surface area contributed by atoms with Crippen molar-refractivity contribution >= 4 is 5.91 Å². The molecule has 1 amide bonds. The average Bonchev–Trinajstić information content (AvgIpc) is 3.18. The molecule has 0 N–H and O–H groups in total. The summed E-state index contributed by atoms with van der Waals surface area (Å²) in [5, 5.41) is 2.03. The summed E-state index contributed by atoms with van der Waals surface area (Å²) >= 11 is 0. The number of amides is 1. The number of rotatable bonds is 2. The van der Waals surface area contributed by atoms with Gasteiger partial charge in [-0.1, -0.05) is 30.3 Å². The molecule has 0 aromatic heterocycles. The molecule has 7 heteroatoms. The lowest BCUT2D eigenvalue weighted by atomic mass is 9.98. The zero-order valence-electron chi connectivity index (χ0n) is 15.9. The number of carbonyl (C=O) groups is 1. The molecular weight excluding hydrogens is 348 g/mol. The molecule has 2 bridgehead atoms. The van der Waals surface area contributed by atoms with Gasteiger partial charge in [0.05, 0.1) is 18.2 Å². The molecule has 4 saturated heterocycles. The van der Waals surface area contributed by atoms with Crippen molar-refractivity contribution in [2.45, 2.75) is 76.2 Å². The van der Waals surface area contributed by atoms with Crippen molar-refractivity contribution in [1.29, 1.82) is 0 Å². The molecule has 4 aliphatic rings. The molecule has 1 aromatic carbocycles. The van der Waals surface area contributed by atoms with Crippen LogP contribution in [-0.4, -0.2) is 64.9 Å². The van der Waals surface area contributed by atoms with E-state index in [-0.39, 0.29) is 36.3 Å². The monoisotopic (exact) mass is 374 g/mol. The van der Waals surface area contributed by atoms with E-state index in [2.05, 4.69) is 12.1 Å². The summed E-state index contributed by atoms with van der Waals surface area (Å²) in [6.07, 6.45) is -0.109. The smallest absolute Gasteiger partial charge is 0.219 e. The van der Waals surface area contributed by atoms with Crippen LogP contribution in [0.4, 0.5) is 0 Å². The predicted molar refractivity (Wildman–Crippen MR) is 95.1 cm³/mol. The zero-order valence-corrected chi connectivity index (χ0v) is 15.9. The molecule has 146 valence electrons. The van der Waals surface area contributed by atoms with Crippen LogP contribution in [-0.2, 0) is 30.4 Å². The molecule has 27 heavy (non-hydrogen) atoms. The first-order valence-corrected chi connectivity index (χ1v) is 9.67.